The SMILES string of the molecule is NC1C2CC3CC1CC(O)(C3)C2.O=C(O)c1cn(C2CCC(O)CC2)nc1Cl. The summed E-state index contributed by atoms with van der Waals surface area (Å²) in [6.45, 7) is 0. The molecule has 5 saturated carbocycles. The van der Waals surface area contributed by atoms with Crippen molar-refractivity contribution in [2.24, 2.45) is 23.5 Å². The van der Waals surface area contributed by atoms with Crippen LogP contribution in [0.5, 0.6) is 0 Å². The number of rotatable bonds is 2. The molecule has 7 nitrogen and oxygen atoms in total. The standard InChI is InChI=1S/C10H13ClN2O3.C10H17NO/c11-9-8(10(15)16)5-13(12-9)6-1-3-7(14)4-2-6;11-9-7-1-6-2-8(9)5-10(12,3-6)4-7/h5-7,14H,1-4H2,(H,15,16);6-9,12H,1-5,11H2. The Morgan fingerprint density at radius 3 is 2.29 bits per heavy atom. The zero-order valence-electron chi connectivity index (χ0n) is 16.0. The first-order chi connectivity index (χ1) is 13.2. The second-order valence-corrected chi connectivity index (χ2v) is 9.71. The number of carboxylic acids is 1. The van der Waals surface area contributed by atoms with Gasteiger partial charge in [0.1, 0.15) is 5.56 Å². The van der Waals surface area contributed by atoms with Crippen LogP contribution >= 0.6 is 11.6 Å². The first kappa shape index (κ1) is 20.1. The lowest BCUT2D eigenvalue weighted by atomic mass is 9.52. The van der Waals surface area contributed by atoms with Crippen LogP contribution in [0.15, 0.2) is 6.20 Å². The predicted molar refractivity (Wildman–Crippen MR) is 104 cm³/mol. The van der Waals surface area contributed by atoms with Crippen molar-refractivity contribution in [1.82, 2.24) is 9.78 Å². The van der Waals surface area contributed by atoms with Crippen LogP contribution in [-0.4, -0.2) is 48.8 Å². The van der Waals surface area contributed by atoms with Gasteiger partial charge in [-0.1, -0.05) is 11.6 Å². The third-order valence-electron chi connectivity index (χ3n) is 7.27. The molecule has 0 saturated heterocycles. The first-order valence-corrected chi connectivity index (χ1v) is 10.8. The molecule has 6 rings (SSSR count). The number of aromatic carboxylic acids is 1. The van der Waals surface area contributed by atoms with Gasteiger partial charge in [-0.05, 0) is 75.5 Å². The molecule has 0 amide bonds. The molecular weight excluding hydrogens is 382 g/mol. The Morgan fingerprint density at radius 1 is 1.18 bits per heavy atom. The number of carbonyl (C=O) groups is 1. The number of hydrogen-bond donors (Lipinski definition) is 4. The highest BCUT2D eigenvalue weighted by Gasteiger charge is 2.53. The van der Waals surface area contributed by atoms with Crippen molar-refractivity contribution in [3.05, 3.63) is 16.9 Å². The summed E-state index contributed by atoms with van der Waals surface area (Å²) in [5, 5.41) is 32.4. The summed E-state index contributed by atoms with van der Waals surface area (Å²) in [6.07, 6.45) is 9.91. The molecule has 1 heterocycles. The number of aromatic nitrogens is 2. The molecule has 1 aromatic heterocycles. The second kappa shape index (κ2) is 7.59. The number of halogens is 1. The number of nitrogens with two attached hydrogens (primary N) is 1. The van der Waals surface area contributed by atoms with Gasteiger partial charge in [0.15, 0.2) is 5.15 Å². The molecule has 28 heavy (non-hydrogen) atoms. The molecule has 5 aliphatic rings. The van der Waals surface area contributed by atoms with Crippen molar-refractivity contribution in [2.75, 3.05) is 0 Å². The van der Waals surface area contributed by atoms with Crippen LogP contribution in [0.2, 0.25) is 5.15 Å². The van der Waals surface area contributed by atoms with E-state index in [-0.39, 0.29) is 28.5 Å². The Balaban J connectivity index is 0.000000142. The lowest BCUT2D eigenvalue weighted by molar-refractivity contribution is -0.132. The van der Waals surface area contributed by atoms with Crippen LogP contribution in [-0.2, 0) is 0 Å². The summed E-state index contributed by atoms with van der Waals surface area (Å²) >= 11 is 5.73. The zero-order valence-corrected chi connectivity index (χ0v) is 16.8. The quantitative estimate of drug-likeness (QED) is 0.593. The Labute approximate surface area is 169 Å². The van der Waals surface area contributed by atoms with E-state index in [1.807, 2.05) is 0 Å². The van der Waals surface area contributed by atoms with Crippen molar-refractivity contribution < 1.29 is 20.1 Å². The summed E-state index contributed by atoms with van der Waals surface area (Å²) in [5.41, 5.74) is 5.85. The highest BCUT2D eigenvalue weighted by molar-refractivity contribution is 6.32. The van der Waals surface area contributed by atoms with E-state index in [4.69, 9.17) is 22.4 Å². The number of hydrogen-bond acceptors (Lipinski definition) is 5. The molecule has 0 aliphatic heterocycles. The molecule has 1 aromatic rings. The number of carboxylic acid groups (broad SMARTS) is 1. The molecule has 5 N–H and O–H groups in total. The van der Waals surface area contributed by atoms with Gasteiger partial charge >= 0.3 is 5.97 Å². The first-order valence-electron chi connectivity index (χ1n) is 10.4. The minimum Gasteiger partial charge on any atom is -0.478 e. The summed E-state index contributed by atoms with van der Waals surface area (Å²) in [6, 6.07) is 0.552. The second-order valence-electron chi connectivity index (χ2n) is 9.35. The lowest BCUT2D eigenvalue weighted by Gasteiger charge is -2.57. The van der Waals surface area contributed by atoms with Crippen molar-refractivity contribution in [3.63, 3.8) is 0 Å². The van der Waals surface area contributed by atoms with Gasteiger partial charge in [-0.2, -0.15) is 5.10 Å². The topological polar surface area (TPSA) is 122 Å². The Bertz CT molecular complexity index is 715. The minimum atomic E-state index is -1.06. The fourth-order valence-corrected chi connectivity index (χ4v) is 6.26. The van der Waals surface area contributed by atoms with Gasteiger partial charge in [0, 0.05) is 12.2 Å². The van der Waals surface area contributed by atoms with Gasteiger partial charge in [-0.25, -0.2) is 4.79 Å². The molecule has 0 aromatic carbocycles. The van der Waals surface area contributed by atoms with Crippen LogP contribution < -0.4 is 5.73 Å². The number of nitrogens with zero attached hydrogens (tertiary/aromatic N) is 2. The molecule has 0 radical (unpaired) electrons. The average molecular weight is 412 g/mol. The fraction of sp³-hybridized carbons (Fsp3) is 0.800. The molecule has 5 fully saturated rings. The van der Waals surface area contributed by atoms with Crippen molar-refractivity contribution >= 4 is 17.6 Å². The van der Waals surface area contributed by atoms with Crippen LogP contribution in [0.25, 0.3) is 0 Å². The van der Waals surface area contributed by atoms with Gasteiger partial charge in [-0.3, -0.25) is 4.68 Å². The molecule has 8 heteroatoms. The van der Waals surface area contributed by atoms with Crippen molar-refractivity contribution in [2.45, 2.75) is 81.6 Å². The molecule has 2 unspecified atom stereocenters. The third kappa shape index (κ3) is 3.95. The van der Waals surface area contributed by atoms with Gasteiger partial charge in [-0.15, -0.1) is 0 Å². The minimum absolute atomic E-state index is 0.0265. The molecule has 0 spiro atoms. The Hall–Kier alpha value is -1.15. The zero-order chi connectivity index (χ0) is 20.1. The van der Waals surface area contributed by atoms with E-state index in [2.05, 4.69) is 5.10 Å². The van der Waals surface area contributed by atoms with Crippen LogP contribution in [0.4, 0.5) is 0 Å². The Kier molecular flexibility index (Phi) is 5.46. The lowest BCUT2D eigenvalue weighted by Crippen LogP contribution is -2.59. The smallest absolute Gasteiger partial charge is 0.340 e. The monoisotopic (exact) mass is 411 g/mol. The number of aliphatic hydroxyl groups is 2. The van der Waals surface area contributed by atoms with E-state index in [0.29, 0.717) is 17.9 Å². The maximum absolute atomic E-state index is 10.8. The van der Waals surface area contributed by atoms with Gasteiger partial charge < -0.3 is 21.1 Å². The molecular formula is C20H30ClN3O4. The van der Waals surface area contributed by atoms with Crippen LogP contribution in [0.1, 0.15) is 74.2 Å². The summed E-state index contributed by atoms with van der Waals surface area (Å²) in [7, 11) is 0. The third-order valence-corrected chi connectivity index (χ3v) is 7.55. The maximum atomic E-state index is 10.8. The van der Waals surface area contributed by atoms with Gasteiger partial charge in [0.25, 0.3) is 0 Å². The predicted octanol–water partition coefficient (Wildman–Crippen LogP) is 2.60. The normalized spacial score (nSPS) is 41.4. The van der Waals surface area contributed by atoms with Gasteiger partial charge in [0.2, 0.25) is 0 Å². The maximum Gasteiger partial charge on any atom is 0.340 e. The van der Waals surface area contributed by atoms with E-state index in [1.165, 1.54) is 19.0 Å². The molecule has 4 bridgehead atoms. The van der Waals surface area contributed by atoms with Crippen molar-refractivity contribution in [3.8, 4) is 0 Å². The molecule has 5 aliphatic carbocycles. The molecule has 156 valence electrons. The van der Waals surface area contributed by atoms with E-state index in [9.17, 15) is 15.0 Å². The fourth-order valence-electron chi connectivity index (χ4n) is 6.04. The van der Waals surface area contributed by atoms with Gasteiger partial charge in [0.05, 0.1) is 17.7 Å². The van der Waals surface area contributed by atoms with Crippen LogP contribution in [0.3, 0.4) is 0 Å². The summed E-state index contributed by atoms with van der Waals surface area (Å²) in [5.74, 6) is 1.02. The summed E-state index contributed by atoms with van der Waals surface area (Å²) in [4.78, 5) is 10.8. The highest BCUT2D eigenvalue weighted by Crippen LogP contribution is 2.54. The van der Waals surface area contributed by atoms with E-state index >= 15 is 0 Å². The van der Waals surface area contributed by atoms with E-state index < -0.39 is 5.97 Å². The largest absolute Gasteiger partial charge is 0.478 e. The Morgan fingerprint density at radius 2 is 1.79 bits per heavy atom. The van der Waals surface area contributed by atoms with E-state index in [1.54, 1.807) is 4.68 Å². The van der Waals surface area contributed by atoms with Crippen LogP contribution in [0, 0.1) is 17.8 Å². The van der Waals surface area contributed by atoms with Crippen molar-refractivity contribution in [1.29, 1.82) is 0 Å². The summed E-state index contributed by atoms with van der Waals surface area (Å²) < 4.78 is 1.61. The molecule has 2 atom stereocenters. The van der Waals surface area contributed by atoms with E-state index in [0.717, 1.165) is 50.9 Å². The average Bonchev–Trinajstić information content (AvgIpc) is 3.01. The highest BCUT2D eigenvalue weighted by atomic mass is 35.5. The number of aliphatic hydroxyl groups excluding tert-OH is 1.